The zero-order valence-corrected chi connectivity index (χ0v) is 20.4. The predicted molar refractivity (Wildman–Crippen MR) is 136 cm³/mol. The van der Waals surface area contributed by atoms with Crippen LogP contribution < -0.4 is 4.90 Å². The van der Waals surface area contributed by atoms with Gasteiger partial charge in [0.1, 0.15) is 17.4 Å². The lowest BCUT2D eigenvalue weighted by atomic mass is 9.70. The second kappa shape index (κ2) is 9.16. The van der Waals surface area contributed by atoms with Gasteiger partial charge < -0.3 is 20.1 Å². The van der Waals surface area contributed by atoms with E-state index in [9.17, 15) is 32.2 Å². The smallest absolute Gasteiger partial charge is 0.418 e. The number of phenolic OH excluding ortho intramolecular Hbond substituents is 1. The number of anilines is 1. The summed E-state index contributed by atoms with van der Waals surface area (Å²) in [6.45, 7) is 0.527. The highest BCUT2D eigenvalue weighted by molar-refractivity contribution is 5.81. The van der Waals surface area contributed by atoms with E-state index in [1.807, 2.05) is 0 Å². The Morgan fingerprint density at radius 2 is 1.66 bits per heavy atom. The van der Waals surface area contributed by atoms with Crippen LogP contribution in [0.15, 0.2) is 72.8 Å². The van der Waals surface area contributed by atoms with Gasteiger partial charge in [0.15, 0.2) is 5.60 Å². The molecular weight excluding hydrogens is 503 g/mol. The lowest BCUT2D eigenvalue weighted by Gasteiger charge is -2.43. The van der Waals surface area contributed by atoms with Crippen LogP contribution in [0.5, 0.6) is 5.75 Å². The van der Waals surface area contributed by atoms with E-state index < -0.39 is 47.5 Å². The Hall–Kier alpha value is -3.85. The van der Waals surface area contributed by atoms with Gasteiger partial charge in [-0.05, 0) is 60.3 Å². The minimum atomic E-state index is -5.13. The second-order valence-corrected chi connectivity index (χ2v) is 9.96. The van der Waals surface area contributed by atoms with E-state index in [-0.39, 0.29) is 23.5 Å². The second-order valence-electron chi connectivity index (χ2n) is 9.96. The number of β-amino-alcohol motifs (C(OH)–C–C–N with tert-alkyl or cyclic N) is 1. The summed E-state index contributed by atoms with van der Waals surface area (Å²) in [4.78, 5) is 4.36. The number of hydrogen-bond donors (Lipinski definition) is 3. The van der Waals surface area contributed by atoms with E-state index in [1.165, 1.54) is 24.0 Å². The molecule has 9 heteroatoms. The van der Waals surface area contributed by atoms with Crippen molar-refractivity contribution in [3.8, 4) is 5.75 Å². The molecule has 0 amide bonds. The van der Waals surface area contributed by atoms with E-state index >= 15 is 0 Å². The highest BCUT2D eigenvalue weighted by Crippen LogP contribution is 2.48. The quantitative estimate of drug-likeness (QED) is 0.245. The number of halogens is 5. The van der Waals surface area contributed by atoms with Crippen molar-refractivity contribution in [2.75, 3.05) is 18.0 Å². The Kier molecular flexibility index (Phi) is 6.22. The fourth-order valence-corrected chi connectivity index (χ4v) is 5.29. The molecule has 3 N–H and O–H groups in total. The molecule has 0 aliphatic carbocycles. The molecule has 1 aliphatic rings. The number of rotatable bonds is 6. The molecule has 4 nitrogen and oxygen atoms in total. The third-order valence-corrected chi connectivity index (χ3v) is 7.26. The lowest BCUT2D eigenvalue weighted by molar-refractivity contribution is -0.261. The van der Waals surface area contributed by atoms with Crippen molar-refractivity contribution in [1.29, 1.82) is 0 Å². The summed E-state index contributed by atoms with van der Waals surface area (Å²) < 4.78 is 72.6. The van der Waals surface area contributed by atoms with Gasteiger partial charge in [-0.1, -0.05) is 36.4 Å². The number of aromatic nitrogens is 1. The van der Waals surface area contributed by atoms with E-state index in [0.29, 0.717) is 16.5 Å². The summed E-state index contributed by atoms with van der Waals surface area (Å²) in [6.07, 6.45) is -2.78. The molecule has 1 aliphatic heterocycles. The Morgan fingerprint density at radius 1 is 0.947 bits per heavy atom. The number of hydrogen-bond acceptors (Lipinski definition) is 3. The van der Waals surface area contributed by atoms with E-state index in [2.05, 4.69) is 4.98 Å². The molecule has 2 unspecified atom stereocenters. The Labute approximate surface area is 215 Å². The molecule has 4 aromatic rings. The molecule has 5 rings (SSSR count). The number of alkyl halides is 3. The van der Waals surface area contributed by atoms with Gasteiger partial charge in [0.05, 0.1) is 6.54 Å². The van der Waals surface area contributed by atoms with Crippen molar-refractivity contribution in [3.05, 3.63) is 101 Å². The molecule has 0 saturated heterocycles. The maximum atomic E-state index is 14.7. The molecule has 0 spiro atoms. The van der Waals surface area contributed by atoms with E-state index in [4.69, 9.17) is 0 Å². The van der Waals surface area contributed by atoms with Crippen molar-refractivity contribution < 1.29 is 32.2 Å². The minimum absolute atomic E-state index is 0.0170. The average molecular weight is 529 g/mol. The maximum Gasteiger partial charge on any atom is 0.418 e. The van der Waals surface area contributed by atoms with Crippen LogP contribution in [0.1, 0.15) is 30.2 Å². The molecule has 0 bridgehead atoms. The van der Waals surface area contributed by atoms with Gasteiger partial charge in [-0.3, -0.25) is 0 Å². The zero-order valence-electron chi connectivity index (χ0n) is 20.4. The van der Waals surface area contributed by atoms with Crippen LogP contribution in [-0.2, 0) is 5.41 Å². The van der Waals surface area contributed by atoms with Crippen molar-refractivity contribution in [2.45, 2.75) is 30.5 Å². The van der Waals surface area contributed by atoms with Crippen LogP contribution in [0.3, 0.4) is 0 Å². The van der Waals surface area contributed by atoms with Gasteiger partial charge in [-0.2, -0.15) is 13.2 Å². The number of para-hydroxylation sites is 1. The van der Waals surface area contributed by atoms with Crippen LogP contribution in [0, 0.1) is 11.6 Å². The van der Waals surface area contributed by atoms with Gasteiger partial charge in [-0.15, -0.1) is 0 Å². The van der Waals surface area contributed by atoms with Gasteiger partial charge >= 0.3 is 6.18 Å². The highest BCUT2D eigenvalue weighted by Gasteiger charge is 2.58. The van der Waals surface area contributed by atoms with Crippen LogP contribution in [0.2, 0.25) is 0 Å². The number of fused-ring (bicyclic) bond motifs is 2. The maximum absolute atomic E-state index is 14.7. The molecule has 3 aromatic carbocycles. The molecule has 2 atom stereocenters. The molecule has 0 fully saturated rings. The summed E-state index contributed by atoms with van der Waals surface area (Å²) in [5.41, 5.74) is -3.55. The van der Waals surface area contributed by atoms with E-state index in [1.54, 1.807) is 42.5 Å². The highest BCUT2D eigenvalue weighted by atomic mass is 19.4. The van der Waals surface area contributed by atoms with Crippen LogP contribution in [-0.4, -0.2) is 40.1 Å². The van der Waals surface area contributed by atoms with Crippen LogP contribution in [0.4, 0.5) is 27.6 Å². The number of phenols is 1. The van der Waals surface area contributed by atoms with Crippen molar-refractivity contribution in [1.82, 2.24) is 4.98 Å². The Bertz CT molecular complexity index is 1500. The number of aromatic amines is 1. The Balaban J connectivity index is 1.64. The van der Waals surface area contributed by atoms with Gasteiger partial charge in [0.25, 0.3) is 0 Å². The number of aromatic hydroxyl groups is 1. The molecule has 198 valence electrons. The number of benzene rings is 3. The standard InChI is InChI=1S/C29H25F5N2O2/c1-27(22-14-20(30)10-11-25(22)37,26-13-19-5-2-3-7-23(19)35-26)16-28(38,29(32,33)34)17-36-12-4-6-18-8-9-21(31)15-24(18)36/h2-11,13-15,35,37-38H,12,16-17H2,1H3. The van der Waals surface area contributed by atoms with Crippen molar-refractivity contribution in [3.63, 3.8) is 0 Å². The van der Waals surface area contributed by atoms with Crippen LogP contribution in [0.25, 0.3) is 17.0 Å². The molecule has 2 heterocycles. The first-order valence-corrected chi connectivity index (χ1v) is 12.0. The fraction of sp³-hybridized carbons (Fsp3) is 0.241. The third kappa shape index (κ3) is 4.51. The normalized spacial score (nSPS) is 16.8. The monoisotopic (exact) mass is 528 g/mol. The first-order valence-electron chi connectivity index (χ1n) is 12.0. The molecule has 38 heavy (non-hydrogen) atoms. The summed E-state index contributed by atoms with van der Waals surface area (Å²) in [7, 11) is 0. The zero-order chi connectivity index (χ0) is 27.3. The first kappa shape index (κ1) is 25.8. The Morgan fingerprint density at radius 3 is 2.39 bits per heavy atom. The van der Waals surface area contributed by atoms with Gasteiger partial charge in [-0.25, -0.2) is 8.78 Å². The van der Waals surface area contributed by atoms with E-state index in [0.717, 1.165) is 24.3 Å². The molecular formula is C29H25F5N2O2. The average Bonchev–Trinajstić information content (AvgIpc) is 3.30. The topological polar surface area (TPSA) is 59.5 Å². The van der Waals surface area contributed by atoms with Gasteiger partial charge in [0.2, 0.25) is 0 Å². The number of nitrogens with one attached hydrogen (secondary N) is 1. The lowest BCUT2D eigenvalue weighted by Crippen LogP contribution is -2.57. The van der Waals surface area contributed by atoms with Gasteiger partial charge in [0, 0.05) is 40.8 Å². The SMILES string of the molecule is CC(CC(O)(CN1CC=Cc2ccc(F)cc21)C(F)(F)F)(c1cc2ccccc2[nH]1)c1cc(F)ccc1O. The summed E-state index contributed by atoms with van der Waals surface area (Å²) in [6, 6.07) is 15.5. The number of H-pyrrole nitrogens is 1. The number of aliphatic hydroxyl groups is 1. The molecule has 1 aromatic heterocycles. The van der Waals surface area contributed by atoms with Crippen LogP contribution >= 0.6 is 0 Å². The first-order chi connectivity index (χ1) is 17.9. The third-order valence-electron chi connectivity index (χ3n) is 7.26. The summed E-state index contributed by atoms with van der Waals surface area (Å²) in [5.74, 6) is -1.78. The number of nitrogens with zero attached hydrogens (tertiary/aromatic N) is 1. The largest absolute Gasteiger partial charge is 0.508 e. The minimum Gasteiger partial charge on any atom is -0.508 e. The summed E-state index contributed by atoms with van der Waals surface area (Å²) >= 11 is 0. The molecule has 0 radical (unpaired) electrons. The van der Waals surface area contributed by atoms with Crippen molar-refractivity contribution in [2.24, 2.45) is 0 Å². The summed E-state index contributed by atoms with van der Waals surface area (Å²) in [5, 5.41) is 22.8. The predicted octanol–water partition coefficient (Wildman–Crippen LogP) is 6.67. The molecule has 0 saturated carbocycles. The van der Waals surface area contributed by atoms with Crippen molar-refractivity contribution >= 4 is 22.7 Å². The fourth-order valence-electron chi connectivity index (χ4n) is 5.29.